The molecule has 0 spiro atoms. The molecule has 126 valence electrons. The number of hydrogen-bond donors (Lipinski definition) is 2. The van der Waals surface area contributed by atoms with Gasteiger partial charge in [-0.25, -0.2) is 0 Å². The van der Waals surface area contributed by atoms with Crippen molar-refractivity contribution in [1.82, 2.24) is 10.3 Å². The van der Waals surface area contributed by atoms with Crippen LogP contribution in [0, 0.1) is 0 Å². The Bertz CT molecular complexity index is 589. The molecule has 23 heavy (non-hydrogen) atoms. The van der Waals surface area contributed by atoms with Crippen LogP contribution in [0.3, 0.4) is 0 Å². The molecule has 1 unspecified atom stereocenters. The Balaban J connectivity index is 0.00000242. The molecule has 2 aromatic rings. The average Bonchev–Trinajstić information content (AvgIpc) is 2.53. The van der Waals surface area contributed by atoms with E-state index in [1.807, 2.05) is 12.1 Å². The second kappa shape index (κ2) is 10.2. The molecule has 0 fully saturated rings. The Morgan fingerprint density at radius 3 is 2.26 bits per heavy atom. The van der Waals surface area contributed by atoms with Crippen LogP contribution in [-0.4, -0.2) is 17.4 Å². The molecule has 4 nitrogen and oxygen atoms in total. The highest BCUT2D eigenvalue weighted by Crippen LogP contribution is 2.17. The van der Waals surface area contributed by atoms with Crippen LogP contribution in [-0.2, 0) is 0 Å². The van der Waals surface area contributed by atoms with Gasteiger partial charge < -0.3 is 11.1 Å². The van der Waals surface area contributed by atoms with Gasteiger partial charge in [0.15, 0.2) is 0 Å². The van der Waals surface area contributed by atoms with E-state index in [9.17, 15) is 4.79 Å². The number of rotatable bonds is 5. The van der Waals surface area contributed by atoms with Crippen LogP contribution >= 0.6 is 24.8 Å². The second-order valence-corrected chi connectivity index (χ2v) is 5.38. The molecular formula is C17H23Cl2N3O. The van der Waals surface area contributed by atoms with E-state index in [4.69, 9.17) is 5.73 Å². The summed E-state index contributed by atoms with van der Waals surface area (Å²) in [5.41, 5.74) is 8.96. The van der Waals surface area contributed by atoms with Crippen LogP contribution in [0.1, 0.15) is 47.3 Å². The predicted molar refractivity (Wildman–Crippen MR) is 98.5 cm³/mol. The standard InChI is InChI=1S/C17H21N3O.2ClH/c1-12(2)13-5-7-14(8-6-13)16(18)11-20-17(21)15-4-3-9-19-10-15;;/h3-10,12,16H,11,18H2,1-2H3,(H,20,21);2*1H. The van der Waals surface area contributed by atoms with Gasteiger partial charge in [-0.15, -0.1) is 24.8 Å². The largest absolute Gasteiger partial charge is 0.350 e. The summed E-state index contributed by atoms with van der Waals surface area (Å²) < 4.78 is 0. The van der Waals surface area contributed by atoms with E-state index in [1.165, 1.54) is 11.8 Å². The normalized spacial score (nSPS) is 11.1. The highest BCUT2D eigenvalue weighted by Gasteiger charge is 2.10. The monoisotopic (exact) mass is 355 g/mol. The minimum atomic E-state index is -0.216. The summed E-state index contributed by atoms with van der Waals surface area (Å²) in [6.07, 6.45) is 3.18. The first-order valence-electron chi connectivity index (χ1n) is 7.11. The predicted octanol–water partition coefficient (Wildman–Crippen LogP) is 3.48. The number of halogens is 2. The summed E-state index contributed by atoms with van der Waals surface area (Å²) >= 11 is 0. The zero-order valence-corrected chi connectivity index (χ0v) is 14.9. The van der Waals surface area contributed by atoms with E-state index in [0.29, 0.717) is 18.0 Å². The number of aromatic nitrogens is 1. The van der Waals surface area contributed by atoms with Crippen molar-refractivity contribution in [2.24, 2.45) is 5.73 Å². The molecule has 0 saturated heterocycles. The van der Waals surface area contributed by atoms with Crippen LogP contribution in [0.2, 0.25) is 0 Å². The summed E-state index contributed by atoms with van der Waals surface area (Å²) in [7, 11) is 0. The number of nitrogens with two attached hydrogens (primary N) is 1. The Kier molecular flexibility index (Phi) is 9.49. The Labute approximate surface area is 149 Å². The fourth-order valence-corrected chi connectivity index (χ4v) is 2.05. The molecule has 0 aliphatic carbocycles. The lowest BCUT2D eigenvalue weighted by Gasteiger charge is -2.14. The molecule has 0 bridgehead atoms. The van der Waals surface area contributed by atoms with Crippen LogP contribution in [0.5, 0.6) is 0 Å². The maximum Gasteiger partial charge on any atom is 0.252 e. The minimum absolute atomic E-state index is 0. The Morgan fingerprint density at radius 1 is 1.13 bits per heavy atom. The number of pyridine rings is 1. The van der Waals surface area contributed by atoms with Gasteiger partial charge in [-0.05, 0) is 29.2 Å². The van der Waals surface area contributed by atoms with Gasteiger partial charge in [0, 0.05) is 25.0 Å². The third kappa shape index (κ3) is 6.18. The quantitative estimate of drug-likeness (QED) is 0.862. The van der Waals surface area contributed by atoms with Crippen LogP contribution < -0.4 is 11.1 Å². The van der Waals surface area contributed by atoms with Gasteiger partial charge in [0.1, 0.15) is 0 Å². The number of hydrogen-bond acceptors (Lipinski definition) is 3. The third-order valence-corrected chi connectivity index (χ3v) is 3.44. The Morgan fingerprint density at radius 2 is 1.74 bits per heavy atom. The van der Waals surface area contributed by atoms with Gasteiger partial charge in [0.25, 0.3) is 5.91 Å². The third-order valence-electron chi connectivity index (χ3n) is 3.44. The van der Waals surface area contributed by atoms with Gasteiger partial charge in [0.05, 0.1) is 5.56 Å². The van der Waals surface area contributed by atoms with Crippen molar-refractivity contribution in [3.63, 3.8) is 0 Å². The fraction of sp³-hybridized carbons (Fsp3) is 0.294. The first-order chi connectivity index (χ1) is 10.1. The van der Waals surface area contributed by atoms with Crippen LogP contribution in [0.4, 0.5) is 0 Å². The minimum Gasteiger partial charge on any atom is -0.350 e. The molecule has 6 heteroatoms. The van der Waals surface area contributed by atoms with Crippen LogP contribution in [0.15, 0.2) is 48.8 Å². The molecule has 0 aliphatic rings. The van der Waals surface area contributed by atoms with Crippen molar-refractivity contribution in [1.29, 1.82) is 0 Å². The second-order valence-electron chi connectivity index (χ2n) is 5.38. The fourth-order valence-electron chi connectivity index (χ4n) is 2.05. The first kappa shape index (κ1) is 21.4. The molecule has 1 aromatic heterocycles. The number of amides is 1. The molecule has 1 aromatic carbocycles. The average molecular weight is 356 g/mol. The molecule has 2 rings (SSSR count). The highest BCUT2D eigenvalue weighted by atomic mass is 35.5. The maximum absolute atomic E-state index is 11.9. The number of nitrogens with zero attached hydrogens (tertiary/aromatic N) is 1. The molecule has 3 N–H and O–H groups in total. The lowest BCUT2D eigenvalue weighted by Crippen LogP contribution is -2.31. The van der Waals surface area contributed by atoms with Crippen molar-refractivity contribution < 1.29 is 4.79 Å². The number of carbonyl (C=O) groups excluding carboxylic acids is 1. The zero-order valence-electron chi connectivity index (χ0n) is 13.2. The molecule has 0 saturated carbocycles. The van der Waals surface area contributed by atoms with E-state index in [-0.39, 0.29) is 36.8 Å². The van der Waals surface area contributed by atoms with Crippen molar-refractivity contribution in [3.8, 4) is 0 Å². The van der Waals surface area contributed by atoms with Gasteiger partial charge in [0.2, 0.25) is 0 Å². The van der Waals surface area contributed by atoms with E-state index in [2.05, 4.69) is 36.3 Å². The van der Waals surface area contributed by atoms with E-state index in [0.717, 1.165) is 5.56 Å². The number of nitrogens with one attached hydrogen (secondary N) is 1. The number of benzene rings is 1. The van der Waals surface area contributed by atoms with Crippen molar-refractivity contribution in [3.05, 3.63) is 65.5 Å². The Hall–Kier alpha value is -1.62. The first-order valence-corrected chi connectivity index (χ1v) is 7.11. The molecule has 1 heterocycles. The highest BCUT2D eigenvalue weighted by molar-refractivity contribution is 5.93. The van der Waals surface area contributed by atoms with Gasteiger partial charge in [-0.2, -0.15) is 0 Å². The molecular weight excluding hydrogens is 333 g/mol. The van der Waals surface area contributed by atoms with Gasteiger partial charge in [-0.1, -0.05) is 38.1 Å². The van der Waals surface area contributed by atoms with E-state index < -0.39 is 0 Å². The van der Waals surface area contributed by atoms with E-state index >= 15 is 0 Å². The summed E-state index contributed by atoms with van der Waals surface area (Å²) in [6.45, 7) is 4.71. The number of carbonyl (C=O) groups is 1. The summed E-state index contributed by atoms with van der Waals surface area (Å²) in [6, 6.07) is 11.5. The topological polar surface area (TPSA) is 68.0 Å². The van der Waals surface area contributed by atoms with Crippen molar-refractivity contribution in [2.45, 2.75) is 25.8 Å². The van der Waals surface area contributed by atoms with Gasteiger partial charge in [-0.3, -0.25) is 9.78 Å². The maximum atomic E-state index is 11.9. The lowest BCUT2D eigenvalue weighted by atomic mass is 9.99. The van der Waals surface area contributed by atoms with Crippen molar-refractivity contribution in [2.75, 3.05) is 6.54 Å². The lowest BCUT2D eigenvalue weighted by molar-refractivity contribution is 0.0951. The zero-order chi connectivity index (χ0) is 15.2. The summed E-state index contributed by atoms with van der Waals surface area (Å²) in [4.78, 5) is 15.8. The summed E-state index contributed by atoms with van der Waals surface area (Å²) in [5.74, 6) is 0.345. The van der Waals surface area contributed by atoms with Crippen LogP contribution in [0.25, 0.3) is 0 Å². The molecule has 1 atom stereocenters. The summed E-state index contributed by atoms with van der Waals surface area (Å²) in [5, 5.41) is 2.83. The molecule has 1 amide bonds. The molecule has 0 aliphatic heterocycles. The smallest absolute Gasteiger partial charge is 0.252 e. The molecule has 0 radical (unpaired) electrons. The SMILES string of the molecule is CC(C)c1ccc(C(N)CNC(=O)c2cccnc2)cc1.Cl.Cl. The van der Waals surface area contributed by atoms with Crippen molar-refractivity contribution >= 4 is 30.7 Å². The van der Waals surface area contributed by atoms with Gasteiger partial charge >= 0.3 is 0 Å². The van der Waals surface area contributed by atoms with E-state index in [1.54, 1.807) is 18.3 Å².